The maximum Gasteiger partial charge on any atom is 0.343 e. The Kier molecular flexibility index (Phi) is 7.28. The van der Waals surface area contributed by atoms with Gasteiger partial charge in [-0.25, -0.2) is 4.79 Å². The third-order valence-electron chi connectivity index (χ3n) is 3.51. The van der Waals surface area contributed by atoms with E-state index in [0.717, 1.165) is 0 Å². The van der Waals surface area contributed by atoms with Gasteiger partial charge in [0, 0.05) is 25.0 Å². The van der Waals surface area contributed by atoms with Gasteiger partial charge in [0.25, 0.3) is 0 Å². The highest BCUT2D eigenvalue weighted by Gasteiger charge is 2.35. The van der Waals surface area contributed by atoms with Gasteiger partial charge in [-0.3, -0.25) is 4.79 Å². The van der Waals surface area contributed by atoms with Gasteiger partial charge in [-0.1, -0.05) is 6.07 Å². The molecule has 8 heteroatoms. The van der Waals surface area contributed by atoms with Crippen molar-refractivity contribution >= 4 is 30.0 Å². The molecule has 1 fully saturated rings. The predicted octanol–water partition coefficient (Wildman–Crippen LogP) is 1.11. The monoisotopic (exact) mass is 344 g/mol. The lowest BCUT2D eigenvalue weighted by Gasteiger charge is -2.31. The van der Waals surface area contributed by atoms with Crippen molar-refractivity contribution in [3.8, 4) is 5.75 Å². The molecule has 0 aliphatic carbocycles. The van der Waals surface area contributed by atoms with Crippen molar-refractivity contribution < 1.29 is 23.8 Å². The summed E-state index contributed by atoms with van der Waals surface area (Å²) in [5, 5.41) is 2.78. The number of carbonyl (C=O) groups excluding carboxylic acids is 2. The SMILES string of the molecule is COC(=O)COc1cccc(NC(=O)C2(N)CCOCC2)c1.Cl. The Morgan fingerprint density at radius 2 is 2.04 bits per heavy atom. The number of ether oxygens (including phenoxy) is 3. The number of nitrogens with one attached hydrogen (secondary N) is 1. The summed E-state index contributed by atoms with van der Waals surface area (Å²) in [5.41, 5.74) is 5.76. The predicted molar refractivity (Wildman–Crippen MR) is 86.8 cm³/mol. The van der Waals surface area contributed by atoms with E-state index in [4.69, 9.17) is 15.2 Å². The Labute approximate surface area is 140 Å². The number of esters is 1. The number of benzene rings is 1. The van der Waals surface area contributed by atoms with E-state index in [9.17, 15) is 9.59 Å². The first-order chi connectivity index (χ1) is 10.5. The van der Waals surface area contributed by atoms with E-state index in [1.54, 1.807) is 24.3 Å². The molecular formula is C15H21ClN2O5. The van der Waals surface area contributed by atoms with Gasteiger partial charge in [0.15, 0.2) is 6.61 Å². The number of hydrogen-bond donors (Lipinski definition) is 2. The van der Waals surface area contributed by atoms with Gasteiger partial charge >= 0.3 is 5.97 Å². The molecular weight excluding hydrogens is 324 g/mol. The number of amides is 1. The number of rotatable bonds is 5. The van der Waals surface area contributed by atoms with Crippen molar-refractivity contribution in [1.29, 1.82) is 0 Å². The van der Waals surface area contributed by atoms with Crippen LogP contribution in [-0.2, 0) is 19.1 Å². The fraction of sp³-hybridized carbons (Fsp3) is 0.467. The summed E-state index contributed by atoms with van der Waals surface area (Å²) in [6, 6.07) is 6.76. The standard InChI is InChI=1S/C15H20N2O5.ClH/c1-20-13(18)10-22-12-4-2-3-11(9-12)17-14(19)15(16)5-7-21-8-6-15;/h2-4,9H,5-8,10,16H2,1H3,(H,17,19);1H. The van der Waals surface area contributed by atoms with Crippen LogP contribution in [0.1, 0.15) is 12.8 Å². The quantitative estimate of drug-likeness (QED) is 0.776. The van der Waals surface area contributed by atoms with E-state index in [-0.39, 0.29) is 24.9 Å². The number of methoxy groups -OCH3 is 1. The van der Waals surface area contributed by atoms with E-state index in [1.807, 2.05) is 0 Å². The van der Waals surface area contributed by atoms with Gasteiger partial charge in [0.2, 0.25) is 5.91 Å². The summed E-state index contributed by atoms with van der Waals surface area (Å²) in [7, 11) is 1.29. The summed E-state index contributed by atoms with van der Waals surface area (Å²) in [5.74, 6) is -0.264. The van der Waals surface area contributed by atoms with Crippen molar-refractivity contribution in [1.82, 2.24) is 0 Å². The third kappa shape index (κ3) is 5.38. The minimum Gasteiger partial charge on any atom is -0.482 e. The molecule has 1 amide bonds. The molecule has 128 valence electrons. The zero-order valence-corrected chi connectivity index (χ0v) is 13.7. The molecule has 1 heterocycles. The molecule has 0 unspecified atom stereocenters. The lowest BCUT2D eigenvalue weighted by Crippen LogP contribution is -2.54. The van der Waals surface area contributed by atoms with Crippen LogP contribution in [0, 0.1) is 0 Å². The van der Waals surface area contributed by atoms with Crippen molar-refractivity contribution in [2.24, 2.45) is 5.73 Å². The molecule has 0 saturated carbocycles. The fourth-order valence-corrected chi connectivity index (χ4v) is 2.08. The average molecular weight is 345 g/mol. The first kappa shape index (κ1) is 19.2. The van der Waals surface area contributed by atoms with Crippen molar-refractivity contribution in [3.05, 3.63) is 24.3 Å². The molecule has 0 aromatic heterocycles. The minimum atomic E-state index is -0.916. The van der Waals surface area contributed by atoms with E-state index < -0.39 is 11.5 Å². The van der Waals surface area contributed by atoms with Crippen molar-refractivity contribution in [3.63, 3.8) is 0 Å². The number of halogens is 1. The molecule has 0 radical (unpaired) electrons. The molecule has 1 aliphatic heterocycles. The lowest BCUT2D eigenvalue weighted by atomic mass is 9.90. The number of nitrogens with two attached hydrogens (primary N) is 1. The van der Waals surface area contributed by atoms with Crippen LogP contribution in [0.25, 0.3) is 0 Å². The fourth-order valence-electron chi connectivity index (χ4n) is 2.08. The molecule has 7 nitrogen and oxygen atoms in total. The highest BCUT2D eigenvalue weighted by Crippen LogP contribution is 2.22. The molecule has 0 spiro atoms. The first-order valence-electron chi connectivity index (χ1n) is 7.01. The lowest BCUT2D eigenvalue weighted by molar-refractivity contribution is -0.142. The van der Waals surface area contributed by atoms with Gasteiger partial charge < -0.3 is 25.3 Å². The minimum absolute atomic E-state index is 0. The van der Waals surface area contributed by atoms with Crippen molar-refractivity contribution in [2.75, 3.05) is 32.2 Å². The summed E-state index contributed by atoms with van der Waals surface area (Å²) in [6.45, 7) is 0.768. The van der Waals surface area contributed by atoms with Crippen LogP contribution in [-0.4, -0.2) is 44.3 Å². The van der Waals surface area contributed by atoms with E-state index in [0.29, 0.717) is 37.5 Å². The second-order valence-corrected chi connectivity index (χ2v) is 5.12. The summed E-state index contributed by atoms with van der Waals surface area (Å²) >= 11 is 0. The Bertz CT molecular complexity index is 546. The van der Waals surface area contributed by atoms with Gasteiger partial charge in [0.1, 0.15) is 11.3 Å². The Morgan fingerprint density at radius 1 is 1.35 bits per heavy atom. The molecule has 1 saturated heterocycles. The summed E-state index contributed by atoms with van der Waals surface area (Å²) in [4.78, 5) is 23.4. The highest BCUT2D eigenvalue weighted by atomic mass is 35.5. The van der Waals surface area contributed by atoms with E-state index in [1.165, 1.54) is 7.11 Å². The largest absolute Gasteiger partial charge is 0.482 e. The third-order valence-corrected chi connectivity index (χ3v) is 3.51. The van der Waals surface area contributed by atoms with Crippen LogP contribution >= 0.6 is 12.4 Å². The van der Waals surface area contributed by atoms with Gasteiger partial charge in [0.05, 0.1) is 7.11 Å². The van der Waals surface area contributed by atoms with Crippen LogP contribution in [0.5, 0.6) is 5.75 Å². The van der Waals surface area contributed by atoms with Crippen LogP contribution in [0.4, 0.5) is 5.69 Å². The van der Waals surface area contributed by atoms with Crippen molar-refractivity contribution in [2.45, 2.75) is 18.4 Å². The Balaban J connectivity index is 0.00000264. The molecule has 1 aliphatic rings. The van der Waals surface area contributed by atoms with Crippen LogP contribution in [0.2, 0.25) is 0 Å². The highest BCUT2D eigenvalue weighted by molar-refractivity contribution is 5.98. The maximum absolute atomic E-state index is 12.3. The number of anilines is 1. The van der Waals surface area contributed by atoms with E-state index in [2.05, 4.69) is 10.1 Å². The van der Waals surface area contributed by atoms with Crippen LogP contribution < -0.4 is 15.8 Å². The normalized spacial score (nSPS) is 15.9. The Morgan fingerprint density at radius 3 is 2.70 bits per heavy atom. The molecule has 1 aromatic rings. The molecule has 0 atom stereocenters. The zero-order chi connectivity index (χ0) is 16.0. The van der Waals surface area contributed by atoms with Gasteiger partial charge in [-0.15, -0.1) is 12.4 Å². The molecule has 23 heavy (non-hydrogen) atoms. The van der Waals surface area contributed by atoms with Gasteiger partial charge in [-0.05, 0) is 25.0 Å². The first-order valence-corrected chi connectivity index (χ1v) is 7.01. The smallest absolute Gasteiger partial charge is 0.343 e. The summed E-state index contributed by atoms with van der Waals surface area (Å²) in [6.07, 6.45) is 0.967. The van der Waals surface area contributed by atoms with Crippen LogP contribution in [0.15, 0.2) is 24.3 Å². The van der Waals surface area contributed by atoms with E-state index >= 15 is 0 Å². The average Bonchev–Trinajstić information content (AvgIpc) is 2.53. The molecule has 0 bridgehead atoms. The molecule has 2 rings (SSSR count). The second-order valence-electron chi connectivity index (χ2n) is 5.12. The zero-order valence-electron chi connectivity index (χ0n) is 12.9. The Hall–Kier alpha value is -1.83. The molecule has 3 N–H and O–H groups in total. The summed E-state index contributed by atoms with van der Waals surface area (Å²) < 4.78 is 15.0. The molecule has 1 aromatic carbocycles. The topological polar surface area (TPSA) is 99.9 Å². The maximum atomic E-state index is 12.3. The van der Waals surface area contributed by atoms with Gasteiger partial charge in [-0.2, -0.15) is 0 Å². The second kappa shape index (κ2) is 8.71. The number of hydrogen-bond acceptors (Lipinski definition) is 6. The number of carbonyl (C=O) groups is 2. The van der Waals surface area contributed by atoms with Crippen LogP contribution in [0.3, 0.4) is 0 Å².